The van der Waals surface area contributed by atoms with E-state index in [0.717, 1.165) is 0 Å². The van der Waals surface area contributed by atoms with Crippen molar-refractivity contribution in [2.75, 3.05) is 173 Å². The Morgan fingerprint density at radius 3 is 0.810 bits per heavy atom. The van der Waals surface area contributed by atoms with E-state index in [1.54, 1.807) is 12.1 Å². The minimum atomic E-state index is -0.765. The van der Waals surface area contributed by atoms with Crippen LogP contribution in [0.4, 0.5) is 0 Å². The fourth-order valence-corrected chi connectivity index (χ4v) is 4.60. The van der Waals surface area contributed by atoms with Gasteiger partial charge in [-0.05, 0) is 24.3 Å². The van der Waals surface area contributed by atoms with E-state index in [4.69, 9.17) is 76.5 Å². The zero-order valence-electron chi connectivity index (χ0n) is 33.9. The van der Waals surface area contributed by atoms with Gasteiger partial charge in [0.1, 0.15) is 36.2 Å². The summed E-state index contributed by atoms with van der Waals surface area (Å²) in [5.74, 6) is -0.171. The van der Waals surface area contributed by atoms with Gasteiger partial charge in [0.25, 0.3) is 0 Å². The summed E-state index contributed by atoms with van der Waals surface area (Å²) in [5.41, 5.74) is 0.181. The third kappa shape index (κ3) is 25.1. The predicted molar refractivity (Wildman–Crippen MR) is 208 cm³/mol. The molecule has 0 aliphatic rings. The molecule has 0 atom stereocenters. The minimum absolute atomic E-state index is 0.00632. The summed E-state index contributed by atoms with van der Waals surface area (Å²) < 4.78 is 76.1. The number of carbonyl (C=O) groups is 2. The summed E-state index contributed by atoms with van der Waals surface area (Å²) in [6.07, 6.45) is 0. The number of ether oxygens (including phenoxy) is 14. The highest BCUT2D eigenvalue weighted by atomic mass is 16.6. The Hall–Kier alpha value is -3.50. The molecular formula is C40H62O18. The van der Waals surface area contributed by atoms with Crippen molar-refractivity contribution >= 4 is 11.6 Å². The van der Waals surface area contributed by atoms with Gasteiger partial charge in [0.15, 0.2) is 0 Å². The molecule has 330 valence electrons. The van der Waals surface area contributed by atoms with E-state index in [-0.39, 0.29) is 50.8 Å². The van der Waals surface area contributed by atoms with Gasteiger partial charge in [0.2, 0.25) is 11.6 Å². The lowest BCUT2D eigenvalue weighted by molar-refractivity contribution is -0.0146. The van der Waals surface area contributed by atoms with Gasteiger partial charge in [-0.1, -0.05) is 0 Å². The third-order valence-electron chi connectivity index (χ3n) is 7.40. The molecule has 0 unspecified atom stereocenters. The molecular weight excluding hydrogens is 768 g/mol. The number of hydrogen-bond donors (Lipinski definition) is 2. The van der Waals surface area contributed by atoms with E-state index in [0.29, 0.717) is 142 Å². The van der Waals surface area contributed by atoms with Crippen molar-refractivity contribution in [2.45, 2.75) is 0 Å². The highest BCUT2D eigenvalue weighted by molar-refractivity contribution is 6.49. The van der Waals surface area contributed by atoms with Crippen molar-refractivity contribution in [2.24, 2.45) is 0 Å². The topological polar surface area (TPSA) is 204 Å². The van der Waals surface area contributed by atoms with Gasteiger partial charge in [-0.2, -0.15) is 0 Å². The first kappa shape index (κ1) is 50.6. The maximum Gasteiger partial charge on any atom is 0.233 e. The smallest absolute Gasteiger partial charge is 0.233 e. The lowest BCUT2D eigenvalue weighted by Gasteiger charge is -2.12. The molecule has 0 radical (unpaired) electrons. The van der Waals surface area contributed by atoms with Gasteiger partial charge in [-0.25, -0.2) is 0 Å². The number of ketones is 2. The Bertz CT molecular complexity index is 1230. The van der Waals surface area contributed by atoms with Crippen LogP contribution >= 0.6 is 0 Å². The monoisotopic (exact) mass is 830 g/mol. The molecule has 0 spiro atoms. The Morgan fingerprint density at radius 2 is 0.569 bits per heavy atom. The van der Waals surface area contributed by atoms with Crippen LogP contribution in [0.2, 0.25) is 0 Å². The summed E-state index contributed by atoms with van der Waals surface area (Å²) in [6.45, 7) is 8.17. The van der Waals surface area contributed by atoms with E-state index >= 15 is 0 Å². The molecule has 0 aliphatic heterocycles. The van der Waals surface area contributed by atoms with Crippen LogP contribution in [0.25, 0.3) is 0 Å². The van der Waals surface area contributed by atoms with Crippen molar-refractivity contribution in [3.63, 3.8) is 0 Å². The average Bonchev–Trinajstić information content (AvgIpc) is 3.25. The second-order valence-corrected chi connectivity index (χ2v) is 11.7. The fraction of sp³-hybridized carbons (Fsp3) is 0.650. The first-order valence-corrected chi connectivity index (χ1v) is 19.2. The Balaban J connectivity index is 1.65. The van der Waals surface area contributed by atoms with Crippen LogP contribution in [0.15, 0.2) is 36.4 Å². The molecule has 2 aromatic rings. The highest BCUT2D eigenvalue weighted by Gasteiger charge is 2.22. The van der Waals surface area contributed by atoms with Gasteiger partial charge in [-0.15, -0.1) is 0 Å². The Kier molecular flexibility index (Phi) is 30.9. The predicted octanol–water partition coefficient (Wildman–Crippen LogP) is 1.68. The van der Waals surface area contributed by atoms with E-state index < -0.39 is 11.6 Å². The molecule has 0 saturated heterocycles. The van der Waals surface area contributed by atoms with E-state index in [9.17, 15) is 9.59 Å². The lowest BCUT2D eigenvalue weighted by Crippen LogP contribution is -2.16. The molecule has 0 fully saturated rings. The molecule has 58 heavy (non-hydrogen) atoms. The zero-order valence-corrected chi connectivity index (χ0v) is 33.9. The minimum Gasteiger partial charge on any atom is -0.497 e. The van der Waals surface area contributed by atoms with Crippen molar-refractivity contribution in [1.82, 2.24) is 0 Å². The molecule has 2 rings (SSSR count). The number of Topliss-reactive ketones (excluding diaryl/α,β-unsaturated/α-hetero) is 2. The molecule has 0 aromatic heterocycles. The van der Waals surface area contributed by atoms with Gasteiger partial charge < -0.3 is 76.5 Å². The van der Waals surface area contributed by atoms with E-state index in [1.165, 1.54) is 38.5 Å². The second-order valence-electron chi connectivity index (χ2n) is 11.7. The van der Waals surface area contributed by atoms with Crippen LogP contribution in [0, 0.1) is 0 Å². The Morgan fingerprint density at radius 1 is 0.345 bits per heavy atom. The van der Waals surface area contributed by atoms with Gasteiger partial charge in [-0.3, -0.25) is 9.59 Å². The van der Waals surface area contributed by atoms with E-state index in [2.05, 4.69) is 0 Å². The summed E-state index contributed by atoms with van der Waals surface area (Å²) in [6, 6.07) is 9.11. The standard InChI is InChI=1S/C40H62O18/c1-45-35-27-33(29-37(31-35)57-25-23-55-21-19-53-17-15-51-13-11-49-9-7-47-5-3-41)39(43)40(44)34-28-36(46-2)32-38(30-34)58-26-24-56-22-20-54-18-16-52-14-12-50-10-8-48-6-4-42/h27-32,41-42H,3-26H2,1-2H3. The van der Waals surface area contributed by atoms with Crippen LogP contribution in [0.5, 0.6) is 23.0 Å². The zero-order chi connectivity index (χ0) is 41.7. The third-order valence-corrected chi connectivity index (χ3v) is 7.40. The van der Waals surface area contributed by atoms with E-state index in [1.807, 2.05) is 0 Å². The number of carbonyl (C=O) groups excluding carboxylic acids is 2. The summed E-state index contributed by atoms with van der Waals surface area (Å²) >= 11 is 0. The molecule has 2 N–H and O–H groups in total. The quantitative estimate of drug-likeness (QED) is 0.0556. The Labute approximate surface area is 340 Å². The number of hydrogen-bond acceptors (Lipinski definition) is 18. The summed E-state index contributed by atoms with van der Waals surface area (Å²) in [4.78, 5) is 26.7. The number of benzene rings is 2. The number of methoxy groups -OCH3 is 2. The lowest BCUT2D eigenvalue weighted by atomic mass is 10.0. The highest BCUT2D eigenvalue weighted by Crippen LogP contribution is 2.27. The van der Waals surface area contributed by atoms with Gasteiger partial charge in [0, 0.05) is 23.3 Å². The largest absolute Gasteiger partial charge is 0.497 e. The maximum absolute atomic E-state index is 13.4. The van der Waals surface area contributed by atoms with Crippen molar-refractivity contribution < 1.29 is 86.1 Å². The molecule has 0 bridgehead atoms. The summed E-state index contributed by atoms with van der Waals surface area (Å²) in [5, 5.41) is 17.3. The molecule has 0 heterocycles. The second kappa shape index (κ2) is 35.4. The SMILES string of the molecule is COc1cc(OCCOCCOCCOCCOCCOCCO)cc(C(=O)C(=O)c2cc(OC)cc(OCCOCCOCCOCCOCCOCCO)c2)c1. The molecule has 0 aliphatic carbocycles. The van der Waals surface area contributed by atoms with Crippen molar-refractivity contribution in [3.8, 4) is 23.0 Å². The number of aliphatic hydroxyl groups excluding tert-OH is 2. The van der Waals surface area contributed by atoms with Crippen LogP contribution < -0.4 is 18.9 Å². The number of rotatable bonds is 41. The first-order valence-electron chi connectivity index (χ1n) is 19.2. The average molecular weight is 831 g/mol. The maximum atomic E-state index is 13.4. The van der Waals surface area contributed by atoms with Gasteiger partial charge in [0.05, 0.1) is 160 Å². The fourth-order valence-electron chi connectivity index (χ4n) is 4.60. The molecule has 2 aromatic carbocycles. The van der Waals surface area contributed by atoms with Crippen molar-refractivity contribution in [1.29, 1.82) is 0 Å². The normalized spacial score (nSPS) is 11.2. The molecule has 18 heteroatoms. The first-order chi connectivity index (χ1) is 28.5. The van der Waals surface area contributed by atoms with Crippen LogP contribution in [0.3, 0.4) is 0 Å². The molecule has 0 saturated carbocycles. The molecule has 18 nitrogen and oxygen atoms in total. The van der Waals surface area contributed by atoms with Crippen molar-refractivity contribution in [3.05, 3.63) is 47.5 Å². The van der Waals surface area contributed by atoms with Gasteiger partial charge >= 0.3 is 0 Å². The number of aliphatic hydroxyl groups is 2. The van der Waals surface area contributed by atoms with Crippen LogP contribution in [-0.4, -0.2) is 195 Å². The van der Waals surface area contributed by atoms with Crippen LogP contribution in [0.1, 0.15) is 20.7 Å². The molecule has 0 amide bonds. The van der Waals surface area contributed by atoms with Crippen LogP contribution in [-0.2, 0) is 47.4 Å². The summed E-state index contributed by atoms with van der Waals surface area (Å²) in [7, 11) is 2.91.